The first-order valence-corrected chi connectivity index (χ1v) is 10.6. The van der Waals surface area contributed by atoms with Crippen LogP contribution in [0.2, 0.25) is 0 Å². The van der Waals surface area contributed by atoms with Gasteiger partial charge in [0, 0.05) is 21.5 Å². The molecule has 5 aromatic carbocycles. The summed E-state index contributed by atoms with van der Waals surface area (Å²) in [4.78, 5) is 0. The van der Waals surface area contributed by atoms with Crippen LogP contribution in [0.25, 0.3) is 21.5 Å². The van der Waals surface area contributed by atoms with Crippen LogP contribution in [0.3, 0.4) is 0 Å². The van der Waals surface area contributed by atoms with Gasteiger partial charge in [0.25, 0.3) is 0 Å². The van der Waals surface area contributed by atoms with Crippen LogP contribution < -0.4 is 4.74 Å². The lowest BCUT2D eigenvalue weighted by molar-refractivity contribution is 0.456. The van der Waals surface area contributed by atoms with Gasteiger partial charge in [-0.1, -0.05) is 88.7 Å². The van der Waals surface area contributed by atoms with Crippen molar-refractivity contribution < 1.29 is 4.74 Å². The summed E-state index contributed by atoms with van der Waals surface area (Å²) in [6.07, 6.45) is 0. The van der Waals surface area contributed by atoms with Crippen LogP contribution in [-0.4, -0.2) is 0 Å². The van der Waals surface area contributed by atoms with Gasteiger partial charge in [-0.25, -0.2) is 0 Å². The zero-order valence-corrected chi connectivity index (χ0v) is 17.2. The van der Waals surface area contributed by atoms with Crippen molar-refractivity contribution in [1.29, 1.82) is 0 Å². The van der Waals surface area contributed by atoms with Crippen LogP contribution in [0.15, 0.2) is 102 Å². The molecule has 0 amide bonds. The van der Waals surface area contributed by atoms with Crippen molar-refractivity contribution >= 4 is 37.5 Å². The maximum atomic E-state index is 6.46. The highest BCUT2D eigenvalue weighted by Gasteiger charge is 2.31. The molecule has 0 saturated carbocycles. The normalized spacial score (nSPS) is 13.1. The summed E-state index contributed by atoms with van der Waals surface area (Å²) in [5.74, 6) is 2.00. The summed E-state index contributed by atoms with van der Waals surface area (Å²) >= 11 is 3.59. The fraction of sp³-hybridized carbons (Fsp3) is 0.0370. The van der Waals surface area contributed by atoms with E-state index in [0.717, 1.165) is 16.0 Å². The van der Waals surface area contributed by atoms with Crippen molar-refractivity contribution in [2.45, 2.75) is 5.92 Å². The molecule has 0 atom stereocenters. The maximum Gasteiger partial charge on any atom is 0.132 e. The molecule has 6 rings (SSSR count). The third-order valence-electron chi connectivity index (χ3n) is 5.86. The Morgan fingerprint density at radius 1 is 0.552 bits per heavy atom. The molecule has 0 spiro atoms. The molecule has 0 aliphatic carbocycles. The van der Waals surface area contributed by atoms with Gasteiger partial charge in [0.1, 0.15) is 11.5 Å². The second-order valence-corrected chi connectivity index (χ2v) is 8.40. The molecule has 138 valence electrons. The van der Waals surface area contributed by atoms with Gasteiger partial charge in [-0.2, -0.15) is 0 Å². The Labute approximate surface area is 177 Å². The molecular formula is C27H17BrO. The minimum Gasteiger partial charge on any atom is -0.457 e. The van der Waals surface area contributed by atoms with Gasteiger partial charge in [-0.15, -0.1) is 0 Å². The predicted octanol–water partition coefficient (Wildman–Crippen LogP) is 8.04. The number of fused-ring (bicyclic) bond motifs is 6. The van der Waals surface area contributed by atoms with Crippen LogP contribution in [0, 0.1) is 0 Å². The predicted molar refractivity (Wildman–Crippen MR) is 123 cm³/mol. The second kappa shape index (κ2) is 6.47. The number of hydrogen-bond donors (Lipinski definition) is 0. The molecule has 29 heavy (non-hydrogen) atoms. The molecule has 1 aliphatic heterocycles. The Morgan fingerprint density at radius 2 is 1.07 bits per heavy atom. The van der Waals surface area contributed by atoms with Crippen molar-refractivity contribution in [3.05, 3.63) is 118 Å². The molecule has 2 heteroatoms. The third-order valence-corrected chi connectivity index (χ3v) is 6.39. The lowest BCUT2D eigenvalue weighted by atomic mass is 9.78. The summed E-state index contributed by atoms with van der Waals surface area (Å²) in [6.45, 7) is 0. The van der Waals surface area contributed by atoms with Gasteiger partial charge < -0.3 is 4.74 Å². The smallest absolute Gasteiger partial charge is 0.132 e. The summed E-state index contributed by atoms with van der Waals surface area (Å²) in [6, 6.07) is 34.4. The summed E-state index contributed by atoms with van der Waals surface area (Å²) < 4.78 is 7.55. The number of benzene rings is 5. The molecule has 1 aliphatic rings. The highest BCUT2D eigenvalue weighted by molar-refractivity contribution is 9.10. The highest BCUT2D eigenvalue weighted by atomic mass is 79.9. The van der Waals surface area contributed by atoms with E-state index in [9.17, 15) is 0 Å². The molecule has 0 fully saturated rings. The molecule has 0 bridgehead atoms. The van der Waals surface area contributed by atoms with Crippen LogP contribution in [0.4, 0.5) is 0 Å². The summed E-state index contributed by atoms with van der Waals surface area (Å²) in [5.41, 5.74) is 3.76. The largest absolute Gasteiger partial charge is 0.457 e. The van der Waals surface area contributed by atoms with Crippen molar-refractivity contribution in [2.24, 2.45) is 0 Å². The van der Waals surface area contributed by atoms with Crippen molar-refractivity contribution in [3.8, 4) is 11.5 Å². The molecule has 1 heterocycles. The molecule has 5 aromatic rings. The van der Waals surface area contributed by atoms with E-state index in [1.54, 1.807) is 0 Å². The molecule has 1 nitrogen and oxygen atoms in total. The van der Waals surface area contributed by atoms with Gasteiger partial charge in [0.2, 0.25) is 0 Å². The quantitative estimate of drug-likeness (QED) is 0.253. The minimum atomic E-state index is 0.110. The third kappa shape index (κ3) is 2.60. The summed E-state index contributed by atoms with van der Waals surface area (Å²) in [5, 5.41) is 4.97. The average molecular weight is 437 g/mol. The fourth-order valence-corrected chi connectivity index (χ4v) is 4.84. The number of rotatable bonds is 1. The standard InChI is InChI=1S/C27H17BrO/c28-20-13-9-19(10-14-20)25-26-21-7-3-1-5-17(21)11-15-23(26)29-24-16-12-18-6-2-4-8-22(18)27(24)25/h1-16,25H. The van der Waals surface area contributed by atoms with Crippen LogP contribution in [0.1, 0.15) is 22.6 Å². The lowest BCUT2D eigenvalue weighted by Crippen LogP contribution is -2.13. The Morgan fingerprint density at radius 3 is 1.62 bits per heavy atom. The SMILES string of the molecule is Brc1ccc(C2c3c(ccc4ccccc34)Oc3ccc4ccccc4c32)cc1. The van der Waals surface area contributed by atoms with Gasteiger partial charge in [-0.3, -0.25) is 0 Å². The van der Waals surface area contributed by atoms with Crippen LogP contribution >= 0.6 is 15.9 Å². The van der Waals surface area contributed by atoms with E-state index in [2.05, 4.69) is 113 Å². The zero-order chi connectivity index (χ0) is 19.4. The first kappa shape index (κ1) is 16.8. The van der Waals surface area contributed by atoms with E-state index in [-0.39, 0.29) is 5.92 Å². The van der Waals surface area contributed by atoms with Gasteiger partial charge in [0.05, 0.1) is 0 Å². The molecule has 0 aromatic heterocycles. The van der Waals surface area contributed by atoms with Crippen molar-refractivity contribution in [3.63, 3.8) is 0 Å². The van der Waals surface area contributed by atoms with Gasteiger partial charge in [0.15, 0.2) is 0 Å². The molecule has 0 N–H and O–H groups in total. The van der Waals surface area contributed by atoms with E-state index < -0.39 is 0 Å². The molecule has 0 radical (unpaired) electrons. The fourth-order valence-electron chi connectivity index (χ4n) is 4.58. The molecular weight excluding hydrogens is 420 g/mol. The van der Waals surface area contributed by atoms with E-state index in [1.165, 1.54) is 38.2 Å². The van der Waals surface area contributed by atoms with Gasteiger partial charge >= 0.3 is 0 Å². The number of ether oxygens (including phenoxy) is 1. The molecule has 0 unspecified atom stereocenters. The first-order chi connectivity index (χ1) is 14.3. The number of hydrogen-bond acceptors (Lipinski definition) is 1. The Hall–Kier alpha value is -3.10. The molecule has 0 saturated heterocycles. The van der Waals surface area contributed by atoms with Crippen molar-refractivity contribution in [1.82, 2.24) is 0 Å². The monoisotopic (exact) mass is 436 g/mol. The van der Waals surface area contributed by atoms with Crippen LogP contribution in [0.5, 0.6) is 11.5 Å². The first-order valence-electron chi connectivity index (χ1n) is 9.76. The summed E-state index contributed by atoms with van der Waals surface area (Å²) in [7, 11) is 0. The Kier molecular flexibility index (Phi) is 3.75. The Bertz CT molecular complexity index is 1300. The van der Waals surface area contributed by atoms with Gasteiger partial charge in [-0.05, 0) is 51.4 Å². The average Bonchev–Trinajstić information content (AvgIpc) is 2.78. The van der Waals surface area contributed by atoms with E-state index in [0.29, 0.717) is 0 Å². The number of halogens is 1. The minimum absolute atomic E-state index is 0.110. The Balaban J connectivity index is 1.75. The van der Waals surface area contributed by atoms with E-state index >= 15 is 0 Å². The van der Waals surface area contributed by atoms with E-state index in [1.807, 2.05) is 0 Å². The zero-order valence-electron chi connectivity index (χ0n) is 15.6. The topological polar surface area (TPSA) is 9.23 Å². The van der Waals surface area contributed by atoms with E-state index in [4.69, 9.17) is 4.74 Å². The second-order valence-electron chi connectivity index (χ2n) is 7.48. The lowest BCUT2D eigenvalue weighted by Gasteiger charge is -2.31. The van der Waals surface area contributed by atoms with Crippen molar-refractivity contribution in [2.75, 3.05) is 0 Å². The van der Waals surface area contributed by atoms with Crippen LogP contribution in [-0.2, 0) is 0 Å². The highest BCUT2D eigenvalue weighted by Crippen LogP contribution is 2.52. The maximum absolute atomic E-state index is 6.46.